The van der Waals surface area contributed by atoms with Gasteiger partial charge in [-0.25, -0.2) is 0 Å². The Morgan fingerprint density at radius 2 is 2.08 bits per heavy atom. The van der Waals surface area contributed by atoms with Gasteiger partial charge >= 0.3 is 0 Å². The molecule has 0 aliphatic carbocycles. The van der Waals surface area contributed by atoms with Crippen LogP contribution >= 0.6 is 0 Å². The fraction of sp³-hybridized carbons (Fsp3) is 0.273. The molecule has 0 atom stereocenters. The fourth-order valence-corrected chi connectivity index (χ4v) is 1.78. The highest BCUT2D eigenvalue weighted by atomic mass is 28.2. The van der Waals surface area contributed by atoms with Crippen LogP contribution in [0.5, 0.6) is 0 Å². The van der Waals surface area contributed by atoms with E-state index in [1.54, 1.807) is 0 Å². The molecule has 1 aromatic rings. The maximum Gasteiger partial charge on any atom is 0.269 e. The molecule has 0 saturated heterocycles. The Hall–Kier alpha value is -0.863. The minimum absolute atomic E-state index is 0.288. The smallest absolute Gasteiger partial charge is 0.269 e. The summed E-state index contributed by atoms with van der Waals surface area (Å²) in [4.78, 5) is 0. The second kappa shape index (κ2) is 4.99. The predicted octanol–water partition coefficient (Wildman–Crippen LogP) is 2.00. The first-order valence-corrected chi connectivity index (χ1v) is 5.28. The standard InChI is InChI=1S/C11H14OSi/c1-4-10-7-5-6-8-11(10)13-12-9(2)3/h4-9H,1H2,2-3H3. The number of rotatable bonds is 4. The molecule has 0 unspecified atom stereocenters. The van der Waals surface area contributed by atoms with Crippen molar-refractivity contribution in [3.05, 3.63) is 36.4 Å². The molecule has 0 saturated carbocycles. The molecule has 1 rings (SSSR count). The highest BCUT2D eigenvalue weighted by molar-refractivity contribution is 6.48. The van der Waals surface area contributed by atoms with Crippen molar-refractivity contribution in [3.63, 3.8) is 0 Å². The van der Waals surface area contributed by atoms with Gasteiger partial charge in [-0.3, -0.25) is 0 Å². The van der Waals surface area contributed by atoms with Crippen molar-refractivity contribution in [2.75, 3.05) is 0 Å². The third kappa shape index (κ3) is 3.17. The van der Waals surface area contributed by atoms with E-state index in [0.717, 1.165) is 0 Å². The summed E-state index contributed by atoms with van der Waals surface area (Å²) in [6.07, 6.45) is 2.16. The van der Waals surface area contributed by atoms with Crippen molar-refractivity contribution in [1.82, 2.24) is 0 Å². The second-order valence-electron chi connectivity index (χ2n) is 3.06. The van der Waals surface area contributed by atoms with Gasteiger partial charge in [0.25, 0.3) is 9.76 Å². The molecule has 68 valence electrons. The summed E-state index contributed by atoms with van der Waals surface area (Å²) >= 11 is 0. The molecule has 0 N–H and O–H groups in total. The van der Waals surface area contributed by atoms with E-state index < -0.39 is 0 Å². The average Bonchev–Trinajstić information content (AvgIpc) is 2.15. The van der Waals surface area contributed by atoms with Crippen LogP contribution in [0, 0.1) is 0 Å². The normalized spacial score (nSPS) is 10.4. The minimum Gasteiger partial charge on any atom is -0.409 e. The van der Waals surface area contributed by atoms with Crippen LogP contribution in [0.2, 0.25) is 0 Å². The Bertz CT molecular complexity index is 281. The molecule has 1 nitrogen and oxygen atoms in total. The van der Waals surface area contributed by atoms with E-state index in [0.29, 0.717) is 9.76 Å². The quantitative estimate of drug-likeness (QED) is 0.660. The van der Waals surface area contributed by atoms with E-state index in [1.165, 1.54) is 10.8 Å². The Balaban J connectivity index is 2.69. The lowest BCUT2D eigenvalue weighted by Crippen LogP contribution is -2.23. The van der Waals surface area contributed by atoms with Gasteiger partial charge in [0.15, 0.2) is 0 Å². The molecule has 1 aromatic carbocycles. The van der Waals surface area contributed by atoms with Crippen LogP contribution in [0.3, 0.4) is 0 Å². The molecular weight excluding hydrogens is 176 g/mol. The average molecular weight is 190 g/mol. The van der Waals surface area contributed by atoms with Gasteiger partial charge < -0.3 is 4.43 Å². The third-order valence-electron chi connectivity index (χ3n) is 1.59. The van der Waals surface area contributed by atoms with Crippen LogP contribution in [0.15, 0.2) is 30.8 Å². The van der Waals surface area contributed by atoms with Crippen molar-refractivity contribution in [2.45, 2.75) is 20.0 Å². The summed E-state index contributed by atoms with van der Waals surface area (Å²) in [5, 5.41) is 1.23. The Labute approximate surface area is 82.4 Å². The zero-order chi connectivity index (χ0) is 9.68. The molecule has 0 spiro atoms. The van der Waals surface area contributed by atoms with Gasteiger partial charge in [0.2, 0.25) is 0 Å². The highest BCUT2D eigenvalue weighted by Crippen LogP contribution is 1.97. The molecule has 0 heterocycles. The first kappa shape index (κ1) is 10.2. The summed E-state index contributed by atoms with van der Waals surface area (Å²) in [5.74, 6) is 0. The van der Waals surface area contributed by atoms with Crippen LogP contribution in [-0.4, -0.2) is 15.9 Å². The molecule has 0 aliphatic rings. The molecule has 0 amide bonds. The van der Waals surface area contributed by atoms with Crippen LogP contribution in [0.25, 0.3) is 6.08 Å². The summed E-state index contributed by atoms with van der Waals surface area (Å²) in [6.45, 7) is 7.86. The highest BCUT2D eigenvalue weighted by Gasteiger charge is 2.02. The van der Waals surface area contributed by atoms with Crippen LogP contribution in [0.1, 0.15) is 19.4 Å². The zero-order valence-corrected chi connectivity index (χ0v) is 9.08. The SMILES string of the molecule is C=Cc1ccccc1[Si]OC(C)C. The predicted molar refractivity (Wildman–Crippen MR) is 58.1 cm³/mol. The number of hydrogen-bond donors (Lipinski definition) is 0. The number of hydrogen-bond acceptors (Lipinski definition) is 1. The van der Waals surface area contributed by atoms with Gasteiger partial charge in [0.1, 0.15) is 0 Å². The second-order valence-corrected chi connectivity index (χ2v) is 4.04. The van der Waals surface area contributed by atoms with Gasteiger partial charge in [-0.1, -0.05) is 36.9 Å². The van der Waals surface area contributed by atoms with E-state index in [1.807, 2.05) is 32.1 Å². The van der Waals surface area contributed by atoms with Crippen molar-refractivity contribution >= 4 is 21.0 Å². The topological polar surface area (TPSA) is 9.23 Å². The van der Waals surface area contributed by atoms with Gasteiger partial charge in [0.05, 0.1) is 0 Å². The molecule has 13 heavy (non-hydrogen) atoms. The van der Waals surface area contributed by atoms with Crippen molar-refractivity contribution in [2.24, 2.45) is 0 Å². The van der Waals surface area contributed by atoms with Crippen LogP contribution in [-0.2, 0) is 4.43 Å². The maximum atomic E-state index is 5.55. The minimum atomic E-state index is 0.288. The molecule has 0 fully saturated rings. The van der Waals surface area contributed by atoms with Gasteiger partial charge in [-0.2, -0.15) is 0 Å². The van der Waals surface area contributed by atoms with E-state index >= 15 is 0 Å². The Morgan fingerprint density at radius 3 is 2.69 bits per heavy atom. The van der Waals surface area contributed by atoms with Gasteiger partial charge in [0, 0.05) is 6.10 Å². The largest absolute Gasteiger partial charge is 0.409 e. The van der Waals surface area contributed by atoms with E-state index in [2.05, 4.69) is 18.7 Å². The summed E-state index contributed by atoms with van der Waals surface area (Å²) in [6, 6.07) is 8.18. The van der Waals surface area contributed by atoms with E-state index in [-0.39, 0.29) is 6.10 Å². The van der Waals surface area contributed by atoms with E-state index in [4.69, 9.17) is 4.43 Å². The fourth-order valence-electron chi connectivity index (χ4n) is 0.949. The lowest BCUT2D eigenvalue weighted by atomic mass is 10.2. The van der Waals surface area contributed by atoms with Crippen molar-refractivity contribution in [1.29, 1.82) is 0 Å². The monoisotopic (exact) mass is 190 g/mol. The van der Waals surface area contributed by atoms with Gasteiger partial charge in [-0.15, -0.1) is 0 Å². The van der Waals surface area contributed by atoms with E-state index in [9.17, 15) is 0 Å². The molecule has 0 aromatic heterocycles. The number of benzene rings is 1. The maximum absolute atomic E-state index is 5.55. The molecule has 0 aliphatic heterocycles. The molecule has 2 heteroatoms. The Kier molecular flexibility index (Phi) is 3.93. The summed E-state index contributed by atoms with van der Waals surface area (Å²) in [5.41, 5.74) is 1.17. The molecule has 0 bridgehead atoms. The molecular formula is C11H14OSi. The lowest BCUT2D eigenvalue weighted by Gasteiger charge is -2.07. The molecule has 2 radical (unpaired) electrons. The van der Waals surface area contributed by atoms with Crippen LogP contribution in [0.4, 0.5) is 0 Å². The van der Waals surface area contributed by atoms with Gasteiger partial charge in [-0.05, 0) is 24.6 Å². The van der Waals surface area contributed by atoms with Crippen molar-refractivity contribution in [3.8, 4) is 0 Å². The summed E-state index contributed by atoms with van der Waals surface area (Å²) < 4.78 is 5.55. The van der Waals surface area contributed by atoms with Crippen LogP contribution < -0.4 is 5.19 Å². The first-order valence-electron chi connectivity index (χ1n) is 4.37. The zero-order valence-electron chi connectivity index (χ0n) is 8.08. The third-order valence-corrected chi connectivity index (χ3v) is 2.85. The lowest BCUT2D eigenvalue weighted by molar-refractivity contribution is 0.260. The first-order chi connectivity index (χ1) is 6.24. The Morgan fingerprint density at radius 1 is 1.38 bits per heavy atom. The summed E-state index contributed by atoms with van der Waals surface area (Å²) in [7, 11) is 0.419. The van der Waals surface area contributed by atoms with Crippen molar-refractivity contribution < 1.29 is 4.43 Å².